The summed E-state index contributed by atoms with van der Waals surface area (Å²) < 4.78 is 5.73. The van der Waals surface area contributed by atoms with Gasteiger partial charge in [0.15, 0.2) is 0 Å². The zero-order valence-corrected chi connectivity index (χ0v) is 11.5. The number of benzene rings is 1. The number of hydrogen-bond acceptors (Lipinski definition) is 3. The van der Waals surface area contributed by atoms with Crippen LogP contribution in [0.2, 0.25) is 0 Å². The predicted octanol–water partition coefficient (Wildman–Crippen LogP) is 3.33. The average Bonchev–Trinajstić information content (AvgIpc) is 2.49. The van der Waals surface area contributed by atoms with Crippen LogP contribution >= 0.6 is 0 Å². The number of rotatable bonds is 6. The van der Waals surface area contributed by atoms with Gasteiger partial charge in [-0.1, -0.05) is 25.1 Å². The van der Waals surface area contributed by atoms with Crippen LogP contribution in [-0.4, -0.2) is 12.0 Å². The Balaban J connectivity index is 1.95. The third-order valence-corrected chi connectivity index (χ3v) is 3.17. The van der Waals surface area contributed by atoms with Crippen LogP contribution in [-0.2, 0) is 6.61 Å². The third kappa shape index (κ3) is 3.80. The Kier molecular flexibility index (Phi) is 4.93. The number of hydrogen-bond donors (Lipinski definition) is 1. The van der Waals surface area contributed by atoms with E-state index in [9.17, 15) is 0 Å². The van der Waals surface area contributed by atoms with Crippen LogP contribution in [0.5, 0.6) is 5.75 Å². The van der Waals surface area contributed by atoms with Crippen LogP contribution in [0.3, 0.4) is 0 Å². The van der Waals surface area contributed by atoms with Crippen molar-refractivity contribution in [3.63, 3.8) is 0 Å². The van der Waals surface area contributed by atoms with Crippen molar-refractivity contribution in [2.75, 3.05) is 7.05 Å². The Morgan fingerprint density at radius 2 is 2.00 bits per heavy atom. The summed E-state index contributed by atoms with van der Waals surface area (Å²) in [5.41, 5.74) is 2.37. The first-order valence-electron chi connectivity index (χ1n) is 6.62. The first-order chi connectivity index (χ1) is 9.33. The molecule has 1 atom stereocenters. The van der Waals surface area contributed by atoms with E-state index in [2.05, 4.69) is 29.4 Å². The minimum atomic E-state index is 0.410. The summed E-state index contributed by atoms with van der Waals surface area (Å²) in [4.78, 5) is 4.07. The summed E-state index contributed by atoms with van der Waals surface area (Å²) >= 11 is 0. The monoisotopic (exact) mass is 256 g/mol. The molecule has 3 nitrogen and oxygen atoms in total. The molecule has 19 heavy (non-hydrogen) atoms. The van der Waals surface area contributed by atoms with Gasteiger partial charge in [-0.15, -0.1) is 0 Å². The molecule has 0 fully saturated rings. The van der Waals surface area contributed by atoms with E-state index < -0.39 is 0 Å². The molecule has 1 heterocycles. The molecular formula is C16H20N2O. The minimum Gasteiger partial charge on any atom is -0.489 e. The number of nitrogens with zero attached hydrogens (tertiary/aromatic N) is 1. The van der Waals surface area contributed by atoms with Crippen LogP contribution in [0.1, 0.15) is 30.5 Å². The molecule has 0 saturated carbocycles. The van der Waals surface area contributed by atoms with Crippen molar-refractivity contribution in [3.8, 4) is 5.75 Å². The first kappa shape index (κ1) is 13.6. The molecule has 1 aromatic heterocycles. The van der Waals surface area contributed by atoms with Gasteiger partial charge in [0, 0.05) is 24.0 Å². The molecule has 0 aliphatic heterocycles. The second-order valence-electron chi connectivity index (χ2n) is 4.47. The second kappa shape index (κ2) is 6.90. The second-order valence-corrected chi connectivity index (χ2v) is 4.47. The smallest absolute Gasteiger partial charge is 0.119 e. The van der Waals surface area contributed by atoms with Gasteiger partial charge < -0.3 is 10.1 Å². The minimum absolute atomic E-state index is 0.410. The third-order valence-electron chi connectivity index (χ3n) is 3.17. The zero-order valence-electron chi connectivity index (χ0n) is 11.5. The summed E-state index contributed by atoms with van der Waals surface area (Å²) in [6.07, 6.45) is 4.66. The molecule has 1 unspecified atom stereocenters. The Labute approximate surface area is 114 Å². The lowest BCUT2D eigenvalue weighted by Gasteiger charge is -2.14. The van der Waals surface area contributed by atoms with Crippen LogP contribution in [0.25, 0.3) is 0 Å². The highest BCUT2D eigenvalue weighted by molar-refractivity contribution is 5.29. The molecule has 2 aromatic rings. The molecule has 100 valence electrons. The van der Waals surface area contributed by atoms with Gasteiger partial charge in [0.1, 0.15) is 12.4 Å². The molecule has 0 aliphatic carbocycles. The molecular weight excluding hydrogens is 236 g/mol. The lowest BCUT2D eigenvalue weighted by atomic mass is 10.0. The molecule has 0 radical (unpaired) electrons. The van der Waals surface area contributed by atoms with Crippen molar-refractivity contribution < 1.29 is 4.74 Å². The molecule has 0 aliphatic rings. The fourth-order valence-electron chi connectivity index (χ4n) is 2.05. The van der Waals surface area contributed by atoms with Crippen LogP contribution in [0.15, 0.2) is 48.8 Å². The van der Waals surface area contributed by atoms with Gasteiger partial charge in [-0.2, -0.15) is 0 Å². The highest BCUT2D eigenvalue weighted by Crippen LogP contribution is 2.20. The van der Waals surface area contributed by atoms with E-state index in [0.717, 1.165) is 17.7 Å². The van der Waals surface area contributed by atoms with Crippen LogP contribution < -0.4 is 10.1 Å². The van der Waals surface area contributed by atoms with Crippen molar-refractivity contribution >= 4 is 0 Å². The maximum Gasteiger partial charge on any atom is 0.119 e. The van der Waals surface area contributed by atoms with E-state index in [1.54, 1.807) is 6.20 Å². The zero-order chi connectivity index (χ0) is 13.5. The SMILES string of the molecule is CCC(NC)c1ccc(OCc2cccnc2)cc1. The van der Waals surface area contributed by atoms with Crippen molar-refractivity contribution in [2.24, 2.45) is 0 Å². The van der Waals surface area contributed by atoms with Crippen molar-refractivity contribution in [3.05, 3.63) is 59.9 Å². The fraction of sp³-hybridized carbons (Fsp3) is 0.312. The number of nitrogens with one attached hydrogen (secondary N) is 1. The molecule has 2 rings (SSSR count). The first-order valence-corrected chi connectivity index (χ1v) is 6.62. The van der Waals surface area contributed by atoms with Gasteiger partial charge in [0.25, 0.3) is 0 Å². The van der Waals surface area contributed by atoms with Gasteiger partial charge in [0.2, 0.25) is 0 Å². The van der Waals surface area contributed by atoms with Crippen molar-refractivity contribution in [1.29, 1.82) is 0 Å². The summed E-state index contributed by atoms with van der Waals surface area (Å²) in [5.74, 6) is 0.888. The molecule has 0 saturated heterocycles. The van der Waals surface area contributed by atoms with E-state index >= 15 is 0 Å². The summed E-state index contributed by atoms with van der Waals surface area (Å²) in [5, 5.41) is 3.30. The quantitative estimate of drug-likeness (QED) is 0.860. The molecule has 3 heteroatoms. The highest BCUT2D eigenvalue weighted by atomic mass is 16.5. The largest absolute Gasteiger partial charge is 0.489 e. The summed E-state index contributed by atoms with van der Waals surface area (Å²) in [7, 11) is 1.99. The lowest BCUT2D eigenvalue weighted by Crippen LogP contribution is -2.14. The van der Waals surface area contributed by atoms with E-state index in [0.29, 0.717) is 12.6 Å². The number of ether oxygens (including phenoxy) is 1. The predicted molar refractivity (Wildman–Crippen MR) is 77.1 cm³/mol. The van der Waals surface area contributed by atoms with Gasteiger partial charge in [-0.05, 0) is 37.2 Å². The average molecular weight is 256 g/mol. The Morgan fingerprint density at radius 1 is 1.21 bits per heavy atom. The van der Waals surface area contributed by atoms with E-state index in [4.69, 9.17) is 4.74 Å². The summed E-state index contributed by atoms with van der Waals surface area (Å²) in [6, 6.07) is 12.6. The Morgan fingerprint density at radius 3 is 2.58 bits per heavy atom. The fourth-order valence-corrected chi connectivity index (χ4v) is 2.05. The molecule has 0 bridgehead atoms. The van der Waals surface area contributed by atoms with Crippen molar-refractivity contribution in [2.45, 2.75) is 26.0 Å². The van der Waals surface area contributed by atoms with Gasteiger partial charge in [0.05, 0.1) is 0 Å². The Hall–Kier alpha value is -1.87. The van der Waals surface area contributed by atoms with Crippen molar-refractivity contribution in [1.82, 2.24) is 10.3 Å². The van der Waals surface area contributed by atoms with Crippen LogP contribution in [0.4, 0.5) is 0 Å². The topological polar surface area (TPSA) is 34.1 Å². The van der Waals surface area contributed by atoms with Gasteiger partial charge in [-0.25, -0.2) is 0 Å². The molecule has 1 aromatic carbocycles. The van der Waals surface area contributed by atoms with Crippen LogP contribution in [0, 0.1) is 0 Å². The molecule has 0 amide bonds. The number of pyridine rings is 1. The maximum absolute atomic E-state index is 5.73. The normalized spacial score (nSPS) is 12.1. The molecule has 1 N–H and O–H groups in total. The molecule has 0 spiro atoms. The number of aromatic nitrogens is 1. The lowest BCUT2D eigenvalue weighted by molar-refractivity contribution is 0.305. The summed E-state index contributed by atoms with van der Waals surface area (Å²) in [6.45, 7) is 2.73. The van der Waals surface area contributed by atoms with E-state index in [1.165, 1.54) is 5.56 Å². The van der Waals surface area contributed by atoms with E-state index in [-0.39, 0.29) is 0 Å². The van der Waals surface area contributed by atoms with Gasteiger partial charge >= 0.3 is 0 Å². The maximum atomic E-state index is 5.73. The van der Waals surface area contributed by atoms with Gasteiger partial charge in [-0.3, -0.25) is 4.98 Å². The highest BCUT2D eigenvalue weighted by Gasteiger charge is 2.06. The standard InChI is InChI=1S/C16H20N2O/c1-3-16(17-2)14-6-8-15(9-7-14)19-12-13-5-4-10-18-11-13/h4-11,16-17H,3,12H2,1-2H3. The van der Waals surface area contributed by atoms with E-state index in [1.807, 2.05) is 37.5 Å². The Bertz CT molecular complexity index is 478.